The van der Waals surface area contributed by atoms with E-state index in [-0.39, 0.29) is 11.5 Å². The Hall–Kier alpha value is -2.45. The summed E-state index contributed by atoms with van der Waals surface area (Å²) in [4.78, 5) is 21.5. The topological polar surface area (TPSA) is 84.9 Å². The van der Waals surface area contributed by atoms with Crippen LogP contribution in [-0.4, -0.2) is 42.9 Å². The Morgan fingerprint density at radius 2 is 1.71 bits per heavy atom. The number of aliphatic carboxylic acids is 1. The molecule has 0 saturated heterocycles. The molecule has 0 unspecified atom stereocenters. The summed E-state index contributed by atoms with van der Waals surface area (Å²) in [5.41, 5.74) is 0. The second kappa shape index (κ2) is 7.36. The van der Waals surface area contributed by atoms with Gasteiger partial charge in [0, 0.05) is 0 Å². The molecule has 0 atom stereocenters. The fourth-order valence-electron chi connectivity index (χ4n) is 1.22. The maximum absolute atomic E-state index is 12.1. The van der Waals surface area contributed by atoms with Crippen molar-refractivity contribution in [2.45, 2.75) is 6.18 Å². The van der Waals surface area contributed by atoms with E-state index in [0.717, 1.165) is 0 Å². The molecule has 1 amide bonds. The number of hydrogen-bond acceptors (Lipinski definition) is 4. The molecule has 21 heavy (non-hydrogen) atoms. The third-order valence-electron chi connectivity index (χ3n) is 2.04. The van der Waals surface area contributed by atoms with E-state index in [0.29, 0.717) is 0 Å². The van der Waals surface area contributed by atoms with Gasteiger partial charge in [-0.15, -0.1) is 0 Å². The van der Waals surface area contributed by atoms with Gasteiger partial charge in [0.25, 0.3) is 5.91 Å². The smallest absolute Gasteiger partial charge is 0.422 e. The number of para-hydroxylation sites is 2. The van der Waals surface area contributed by atoms with Crippen LogP contribution in [-0.2, 0) is 9.59 Å². The van der Waals surface area contributed by atoms with Crippen LogP contribution in [0.2, 0.25) is 0 Å². The van der Waals surface area contributed by atoms with Crippen LogP contribution < -0.4 is 14.8 Å². The van der Waals surface area contributed by atoms with E-state index < -0.39 is 37.8 Å². The molecule has 0 heterocycles. The minimum absolute atomic E-state index is 0.0489. The molecular formula is C12H12F3NO5. The van der Waals surface area contributed by atoms with Crippen LogP contribution in [0.5, 0.6) is 11.5 Å². The standard InChI is InChI=1S/C12H12F3NO5/c13-12(14,15)7-21-9-4-2-1-3-8(9)20-6-10(17)16-5-11(18)19/h1-4H,5-7H2,(H,16,17)(H,18,19). The van der Waals surface area contributed by atoms with E-state index in [9.17, 15) is 22.8 Å². The van der Waals surface area contributed by atoms with Crippen LogP contribution in [0.4, 0.5) is 13.2 Å². The number of carbonyl (C=O) groups is 2. The Bertz CT molecular complexity index is 504. The van der Waals surface area contributed by atoms with Gasteiger partial charge in [-0.1, -0.05) is 12.1 Å². The van der Waals surface area contributed by atoms with Gasteiger partial charge in [0.1, 0.15) is 6.54 Å². The van der Waals surface area contributed by atoms with Crippen molar-refractivity contribution in [2.75, 3.05) is 19.8 Å². The molecule has 0 aliphatic rings. The second-order valence-electron chi connectivity index (χ2n) is 3.81. The third kappa shape index (κ3) is 7.04. The molecule has 0 aliphatic carbocycles. The molecule has 9 heteroatoms. The molecular weight excluding hydrogens is 295 g/mol. The predicted octanol–water partition coefficient (Wildman–Crippen LogP) is 1.21. The Balaban J connectivity index is 2.54. The first-order valence-electron chi connectivity index (χ1n) is 5.68. The van der Waals surface area contributed by atoms with Crippen molar-refractivity contribution in [1.82, 2.24) is 5.32 Å². The number of rotatable bonds is 7. The molecule has 1 aromatic rings. The zero-order chi connectivity index (χ0) is 15.9. The molecule has 1 rings (SSSR count). The van der Waals surface area contributed by atoms with Crippen molar-refractivity contribution in [1.29, 1.82) is 0 Å². The van der Waals surface area contributed by atoms with Gasteiger partial charge in [-0.3, -0.25) is 9.59 Å². The lowest BCUT2D eigenvalue weighted by Gasteiger charge is -2.13. The highest BCUT2D eigenvalue weighted by Crippen LogP contribution is 2.28. The lowest BCUT2D eigenvalue weighted by Crippen LogP contribution is -2.33. The number of nitrogens with one attached hydrogen (secondary N) is 1. The monoisotopic (exact) mass is 307 g/mol. The number of carbonyl (C=O) groups excluding carboxylic acids is 1. The molecule has 116 valence electrons. The lowest BCUT2D eigenvalue weighted by molar-refractivity contribution is -0.153. The SMILES string of the molecule is O=C(O)CNC(=O)COc1ccccc1OCC(F)(F)F. The van der Waals surface area contributed by atoms with Crippen molar-refractivity contribution in [3.63, 3.8) is 0 Å². The fourth-order valence-corrected chi connectivity index (χ4v) is 1.22. The lowest BCUT2D eigenvalue weighted by atomic mass is 10.3. The summed E-state index contributed by atoms with van der Waals surface area (Å²) < 4.78 is 45.8. The highest BCUT2D eigenvalue weighted by Gasteiger charge is 2.29. The van der Waals surface area contributed by atoms with Crippen LogP contribution in [0, 0.1) is 0 Å². The van der Waals surface area contributed by atoms with E-state index >= 15 is 0 Å². The average molecular weight is 307 g/mol. The van der Waals surface area contributed by atoms with Gasteiger partial charge in [0.2, 0.25) is 0 Å². The second-order valence-corrected chi connectivity index (χ2v) is 3.81. The van der Waals surface area contributed by atoms with Crippen LogP contribution in [0.3, 0.4) is 0 Å². The largest absolute Gasteiger partial charge is 0.480 e. The number of ether oxygens (including phenoxy) is 2. The van der Waals surface area contributed by atoms with E-state index in [1.807, 2.05) is 5.32 Å². The molecule has 0 fully saturated rings. The molecule has 0 aliphatic heterocycles. The number of halogens is 3. The van der Waals surface area contributed by atoms with E-state index in [4.69, 9.17) is 9.84 Å². The number of alkyl halides is 3. The predicted molar refractivity (Wildman–Crippen MR) is 64.1 cm³/mol. The summed E-state index contributed by atoms with van der Waals surface area (Å²) >= 11 is 0. The Kier molecular flexibility index (Phi) is 5.82. The van der Waals surface area contributed by atoms with E-state index in [1.165, 1.54) is 24.3 Å². The summed E-state index contributed by atoms with van der Waals surface area (Å²) in [5.74, 6) is -2.16. The quantitative estimate of drug-likeness (QED) is 0.791. The molecule has 0 saturated carbocycles. The van der Waals surface area contributed by atoms with Crippen LogP contribution in [0.1, 0.15) is 0 Å². The molecule has 0 radical (unpaired) electrons. The number of benzene rings is 1. The third-order valence-corrected chi connectivity index (χ3v) is 2.04. The average Bonchev–Trinajstić information content (AvgIpc) is 2.40. The van der Waals surface area contributed by atoms with Gasteiger partial charge in [-0.2, -0.15) is 13.2 Å². The zero-order valence-electron chi connectivity index (χ0n) is 10.6. The Morgan fingerprint density at radius 1 is 1.14 bits per heavy atom. The van der Waals surface area contributed by atoms with Gasteiger partial charge in [0.15, 0.2) is 24.7 Å². The molecule has 1 aromatic carbocycles. The first-order valence-corrected chi connectivity index (χ1v) is 5.68. The minimum Gasteiger partial charge on any atom is -0.480 e. The molecule has 6 nitrogen and oxygen atoms in total. The van der Waals surface area contributed by atoms with Gasteiger partial charge in [0.05, 0.1) is 0 Å². The maximum Gasteiger partial charge on any atom is 0.422 e. The van der Waals surface area contributed by atoms with Crippen molar-refractivity contribution < 1.29 is 37.3 Å². The number of hydrogen-bond donors (Lipinski definition) is 2. The first-order chi connectivity index (χ1) is 9.78. The zero-order valence-corrected chi connectivity index (χ0v) is 10.6. The molecule has 0 bridgehead atoms. The summed E-state index contributed by atoms with van der Waals surface area (Å²) in [6, 6.07) is 5.53. The van der Waals surface area contributed by atoms with Crippen molar-refractivity contribution in [3.8, 4) is 11.5 Å². The van der Waals surface area contributed by atoms with Crippen molar-refractivity contribution in [3.05, 3.63) is 24.3 Å². The van der Waals surface area contributed by atoms with Crippen LogP contribution >= 0.6 is 0 Å². The number of carboxylic acid groups (broad SMARTS) is 1. The first kappa shape index (κ1) is 16.6. The van der Waals surface area contributed by atoms with Crippen LogP contribution in [0.25, 0.3) is 0 Å². The summed E-state index contributed by atoms with van der Waals surface area (Å²) in [6.45, 7) is -2.60. The Morgan fingerprint density at radius 3 is 2.24 bits per heavy atom. The Labute approximate surface area is 117 Å². The highest BCUT2D eigenvalue weighted by atomic mass is 19.4. The number of carboxylic acids is 1. The normalized spacial score (nSPS) is 10.8. The van der Waals surface area contributed by atoms with Gasteiger partial charge >= 0.3 is 12.1 Å². The number of amides is 1. The fraction of sp³-hybridized carbons (Fsp3) is 0.333. The van der Waals surface area contributed by atoms with Gasteiger partial charge in [-0.25, -0.2) is 0 Å². The van der Waals surface area contributed by atoms with Gasteiger partial charge < -0.3 is 19.9 Å². The minimum atomic E-state index is -4.49. The molecule has 0 spiro atoms. The van der Waals surface area contributed by atoms with Gasteiger partial charge in [-0.05, 0) is 12.1 Å². The van der Waals surface area contributed by atoms with E-state index in [2.05, 4.69) is 4.74 Å². The maximum atomic E-state index is 12.1. The van der Waals surface area contributed by atoms with Crippen molar-refractivity contribution in [2.24, 2.45) is 0 Å². The highest BCUT2D eigenvalue weighted by molar-refractivity contribution is 5.82. The summed E-state index contributed by atoms with van der Waals surface area (Å²) in [6.07, 6.45) is -4.49. The van der Waals surface area contributed by atoms with Crippen molar-refractivity contribution >= 4 is 11.9 Å². The molecule has 0 aromatic heterocycles. The summed E-state index contributed by atoms with van der Waals surface area (Å²) in [5, 5.41) is 10.4. The summed E-state index contributed by atoms with van der Waals surface area (Å²) in [7, 11) is 0. The van der Waals surface area contributed by atoms with Crippen LogP contribution in [0.15, 0.2) is 24.3 Å². The molecule has 2 N–H and O–H groups in total. The van der Waals surface area contributed by atoms with E-state index in [1.54, 1.807) is 0 Å².